The predicted molar refractivity (Wildman–Crippen MR) is 29.6 cm³/mol. The number of aliphatic imine (C=N–C) groups is 1. The summed E-state index contributed by atoms with van der Waals surface area (Å²) in [6.45, 7) is 0. The first-order chi connectivity index (χ1) is 3.39. The number of hydrogen-bond donors (Lipinski definition) is 1. The van der Waals surface area contributed by atoms with Crippen LogP contribution in [-0.4, -0.2) is 6.21 Å². The van der Waals surface area contributed by atoms with Gasteiger partial charge in [-0.3, -0.25) is 5.73 Å². The van der Waals surface area contributed by atoms with Crippen molar-refractivity contribution in [3.8, 4) is 0 Å². The van der Waals surface area contributed by atoms with Crippen LogP contribution in [0.25, 0.3) is 0 Å². The highest BCUT2D eigenvalue weighted by Gasteiger charge is 1.92. The highest BCUT2D eigenvalue weighted by molar-refractivity contribution is 5.72. The summed E-state index contributed by atoms with van der Waals surface area (Å²) in [5.41, 5.74) is 5.25. The lowest BCUT2D eigenvalue weighted by atomic mass is 10.4. The van der Waals surface area contributed by atoms with E-state index in [0.29, 0.717) is 5.82 Å². The Balaban J connectivity index is 0.000000490. The van der Waals surface area contributed by atoms with Crippen LogP contribution in [0.4, 0.5) is 0 Å². The molecule has 1 heterocycles. The van der Waals surface area contributed by atoms with Gasteiger partial charge in [-0.2, -0.15) is 0 Å². The van der Waals surface area contributed by atoms with E-state index in [1.54, 1.807) is 12.3 Å². The van der Waals surface area contributed by atoms with Crippen molar-refractivity contribution in [2.24, 2.45) is 5.73 Å². The number of nitrogens with two attached hydrogens (primary N) is 1. The summed E-state index contributed by atoms with van der Waals surface area (Å²) in [5, 5.41) is 0. The average molecular weight is 174 g/mol. The van der Waals surface area contributed by atoms with Gasteiger partial charge in [-0.1, -0.05) is 11.1 Å². The molecule has 0 unspecified atom stereocenters. The fourth-order valence-electron chi connectivity index (χ4n) is 0.376. The van der Waals surface area contributed by atoms with Gasteiger partial charge in [0.05, 0.1) is 0 Å². The number of rotatable bonds is 0. The van der Waals surface area contributed by atoms with Crippen molar-refractivity contribution in [2.75, 3.05) is 0 Å². The Bertz CT molecular complexity index is 147. The minimum Gasteiger partial charge on any atom is -1.00 e. The quantitative estimate of drug-likeness (QED) is 0.412. The highest BCUT2D eigenvalue weighted by atomic mass is 79.9. The van der Waals surface area contributed by atoms with Crippen molar-refractivity contribution in [1.29, 1.82) is 0 Å². The van der Waals surface area contributed by atoms with Crippen molar-refractivity contribution < 1.29 is 17.0 Å². The topological polar surface area (TPSA) is 40.1 Å². The monoisotopic (exact) mass is 173 g/mol. The molecule has 1 aliphatic heterocycles. The molecule has 0 aromatic rings. The zero-order valence-corrected chi connectivity index (χ0v) is 5.80. The van der Waals surface area contributed by atoms with Crippen LogP contribution in [-0.2, 0) is 0 Å². The van der Waals surface area contributed by atoms with E-state index in [9.17, 15) is 0 Å². The molecular weight excluding hydrogens is 168 g/mol. The maximum Gasteiger partial charge on any atom is 0.314 e. The molecule has 8 heavy (non-hydrogen) atoms. The van der Waals surface area contributed by atoms with Crippen LogP contribution < -0.4 is 27.7 Å². The minimum absolute atomic E-state index is 0. The van der Waals surface area contributed by atoms with Crippen LogP contribution in [0, 0.1) is 0 Å². The smallest absolute Gasteiger partial charge is 0.314 e. The first kappa shape index (κ1) is 7.43. The van der Waals surface area contributed by atoms with E-state index in [0.717, 1.165) is 0 Å². The lowest BCUT2D eigenvalue weighted by molar-refractivity contribution is -0.00000160. The molecular formula is C5H6BrN2. The fourth-order valence-corrected chi connectivity index (χ4v) is 0.376. The zero-order chi connectivity index (χ0) is 5.11. The van der Waals surface area contributed by atoms with Crippen LogP contribution in [0.3, 0.4) is 0 Å². The van der Waals surface area contributed by atoms with Gasteiger partial charge in [0.25, 0.3) is 0 Å². The second kappa shape index (κ2) is 3.43. The SMILES string of the molecule is NC1=CC=CC=[N+]1.[Br-]. The Morgan fingerprint density at radius 1 is 1.38 bits per heavy atom. The molecule has 0 bridgehead atoms. The lowest BCUT2D eigenvalue weighted by Gasteiger charge is -1.78. The summed E-state index contributed by atoms with van der Waals surface area (Å²) in [7, 11) is 0. The van der Waals surface area contributed by atoms with Crippen molar-refractivity contribution in [2.45, 2.75) is 0 Å². The second-order valence-electron chi connectivity index (χ2n) is 1.25. The first-order valence-electron chi connectivity index (χ1n) is 2.06. The number of allylic oxidation sites excluding steroid dienone is 3. The normalized spacial score (nSPS) is 14.8. The largest absolute Gasteiger partial charge is 1.00 e. The molecule has 43 valence electrons. The molecule has 1 radical (unpaired) electrons. The maximum atomic E-state index is 5.25. The molecule has 0 atom stereocenters. The number of halogens is 1. The highest BCUT2D eigenvalue weighted by Crippen LogP contribution is 1.81. The van der Waals surface area contributed by atoms with E-state index >= 15 is 0 Å². The molecule has 2 nitrogen and oxygen atoms in total. The van der Waals surface area contributed by atoms with E-state index in [-0.39, 0.29) is 17.0 Å². The number of nitrogens with zero attached hydrogens (tertiary/aromatic N) is 1. The minimum atomic E-state index is 0. The first-order valence-corrected chi connectivity index (χ1v) is 2.06. The molecule has 0 saturated carbocycles. The fraction of sp³-hybridized carbons (Fsp3) is 0. The summed E-state index contributed by atoms with van der Waals surface area (Å²) in [5.74, 6) is 0.572. The maximum absolute atomic E-state index is 5.25. The zero-order valence-electron chi connectivity index (χ0n) is 4.21. The van der Waals surface area contributed by atoms with Gasteiger partial charge in [0.1, 0.15) is 6.21 Å². The second-order valence-corrected chi connectivity index (χ2v) is 1.25. The third-order valence-electron chi connectivity index (χ3n) is 0.688. The summed E-state index contributed by atoms with van der Waals surface area (Å²) < 4.78 is 0. The Morgan fingerprint density at radius 2 is 2.12 bits per heavy atom. The van der Waals surface area contributed by atoms with E-state index in [2.05, 4.69) is 4.99 Å². The van der Waals surface area contributed by atoms with Crippen LogP contribution in [0.5, 0.6) is 0 Å². The molecule has 1 rings (SSSR count). The summed E-state index contributed by atoms with van der Waals surface area (Å²) in [6.07, 6.45) is 7.09. The molecule has 0 aliphatic carbocycles. The molecule has 0 amide bonds. The van der Waals surface area contributed by atoms with Crippen molar-refractivity contribution >= 4 is 6.21 Å². The molecule has 3 heteroatoms. The standard InChI is InChI=1S/C5H6N2.BrH/c6-5-3-1-2-4-7-5;/h1-4H,6H2;1H/q+1;/p-1. The molecule has 0 aromatic carbocycles. The molecule has 2 N–H and O–H groups in total. The van der Waals surface area contributed by atoms with E-state index in [4.69, 9.17) is 5.73 Å². The predicted octanol–water partition coefficient (Wildman–Crippen LogP) is -3.23. The Morgan fingerprint density at radius 3 is 2.38 bits per heavy atom. The van der Waals surface area contributed by atoms with Crippen LogP contribution in [0.15, 0.2) is 24.0 Å². The van der Waals surface area contributed by atoms with Crippen molar-refractivity contribution in [1.82, 2.24) is 4.99 Å². The van der Waals surface area contributed by atoms with Crippen molar-refractivity contribution in [3.05, 3.63) is 24.0 Å². The third kappa shape index (κ3) is 1.93. The van der Waals surface area contributed by atoms with E-state index in [1.165, 1.54) is 0 Å². The van der Waals surface area contributed by atoms with Gasteiger partial charge in [-0.25, -0.2) is 0 Å². The van der Waals surface area contributed by atoms with E-state index < -0.39 is 0 Å². The third-order valence-corrected chi connectivity index (χ3v) is 0.688. The molecule has 1 aliphatic rings. The average Bonchev–Trinajstić information content (AvgIpc) is 1.69. The summed E-state index contributed by atoms with van der Waals surface area (Å²) in [4.78, 5) is 3.76. The summed E-state index contributed by atoms with van der Waals surface area (Å²) >= 11 is 0. The molecule has 0 fully saturated rings. The van der Waals surface area contributed by atoms with Crippen molar-refractivity contribution in [3.63, 3.8) is 0 Å². The van der Waals surface area contributed by atoms with Crippen LogP contribution in [0.2, 0.25) is 0 Å². The molecule has 0 aromatic heterocycles. The summed E-state index contributed by atoms with van der Waals surface area (Å²) in [6, 6.07) is 0. The van der Waals surface area contributed by atoms with Gasteiger partial charge in [-0.05, 0) is 6.08 Å². The lowest BCUT2D eigenvalue weighted by Crippen LogP contribution is -3.00. The number of hydrogen-bond acceptors (Lipinski definition) is 2. The van der Waals surface area contributed by atoms with E-state index in [1.807, 2.05) is 12.2 Å². The van der Waals surface area contributed by atoms with Gasteiger partial charge in [0, 0.05) is 6.08 Å². The molecule has 0 spiro atoms. The van der Waals surface area contributed by atoms with Gasteiger partial charge in [0.2, 0.25) is 0 Å². The van der Waals surface area contributed by atoms with Crippen LogP contribution >= 0.6 is 0 Å². The Hall–Kier alpha value is -0.570. The molecule has 0 saturated heterocycles. The van der Waals surface area contributed by atoms with Gasteiger partial charge >= 0.3 is 5.82 Å². The Labute approximate surface area is 58.6 Å². The van der Waals surface area contributed by atoms with Gasteiger partial charge in [-0.15, -0.1) is 0 Å². The van der Waals surface area contributed by atoms with Gasteiger partial charge in [0.15, 0.2) is 0 Å². The van der Waals surface area contributed by atoms with Crippen LogP contribution in [0.1, 0.15) is 0 Å². The Kier molecular flexibility index (Phi) is 3.19. The van der Waals surface area contributed by atoms with Gasteiger partial charge < -0.3 is 17.0 Å².